The molecule has 8 heteroatoms. The number of nitrogens with one attached hydrogen (secondary N) is 2. The molecule has 1 unspecified atom stereocenters. The van der Waals surface area contributed by atoms with Gasteiger partial charge in [-0.2, -0.15) is 0 Å². The Kier molecular flexibility index (Phi) is 5.21. The minimum absolute atomic E-state index is 0.00152. The molecule has 0 saturated carbocycles. The molecule has 22 heavy (non-hydrogen) atoms. The lowest BCUT2D eigenvalue weighted by atomic mass is 10.0. The Balaban J connectivity index is 2.17. The number of amides is 3. The van der Waals surface area contributed by atoms with Crippen molar-refractivity contribution in [1.29, 1.82) is 0 Å². The summed E-state index contributed by atoms with van der Waals surface area (Å²) in [5.74, 6) is -1.31. The quantitative estimate of drug-likeness (QED) is 0.769. The number of nitrogens with zero attached hydrogens (tertiary/aromatic N) is 1. The van der Waals surface area contributed by atoms with Crippen LogP contribution in [0.3, 0.4) is 0 Å². The van der Waals surface area contributed by atoms with Crippen molar-refractivity contribution in [3.8, 4) is 0 Å². The van der Waals surface area contributed by atoms with Crippen molar-refractivity contribution in [2.45, 2.75) is 12.5 Å². The first-order valence-corrected chi connectivity index (χ1v) is 7.17. The van der Waals surface area contributed by atoms with Crippen molar-refractivity contribution in [1.82, 2.24) is 15.5 Å². The predicted molar refractivity (Wildman–Crippen MR) is 79.6 cm³/mol. The zero-order valence-corrected chi connectivity index (χ0v) is 12.5. The zero-order valence-electron chi connectivity index (χ0n) is 11.7. The van der Waals surface area contributed by atoms with Crippen molar-refractivity contribution in [2.24, 2.45) is 0 Å². The van der Waals surface area contributed by atoms with Crippen LogP contribution in [0.2, 0.25) is 5.02 Å². The maximum absolute atomic E-state index is 12.2. The standard InChI is InChI=1S/C14H16ClN3O4/c15-10-4-2-1-3-9(10)12-13(21)16-7-8-18(12)14(22)17-6-5-11(19)20/h1-4,12H,5-8H2,(H,16,21)(H,17,22)(H,19,20). The number of hydrogen-bond donors (Lipinski definition) is 3. The summed E-state index contributed by atoms with van der Waals surface area (Å²) in [6.45, 7) is 0.661. The van der Waals surface area contributed by atoms with Crippen molar-refractivity contribution in [3.05, 3.63) is 34.9 Å². The number of aliphatic carboxylic acids is 1. The van der Waals surface area contributed by atoms with Crippen LogP contribution in [0.15, 0.2) is 24.3 Å². The fourth-order valence-electron chi connectivity index (χ4n) is 2.27. The Labute approximate surface area is 132 Å². The maximum atomic E-state index is 12.2. The van der Waals surface area contributed by atoms with Gasteiger partial charge in [-0.25, -0.2) is 4.79 Å². The summed E-state index contributed by atoms with van der Waals surface area (Å²) in [4.78, 5) is 36.2. The number of benzene rings is 1. The van der Waals surface area contributed by atoms with E-state index in [0.717, 1.165) is 0 Å². The summed E-state index contributed by atoms with van der Waals surface area (Å²) in [7, 11) is 0. The second-order valence-electron chi connectivity index (χ2n) is 4.78. The molecule has 7 nitrogen and oxygen atoms in total. The van der Waals surface area contributed by atoms with E-state index in [1.165, 1.54) is 4.90 Å². The first-order valence-electron chi connectivity index (χ1n) is 6.79. The number of piperazine rings is 1. The Bertz CT molecular complexity index is 593. The zero-order chi connectivity index (χ0) is 16.1. The van der Waals surface area contributed by atoms with E-state index in [-0.39, 0.29) is 18.9 Å². The number of carbonyl (C=O) groups excluding carboxylic acids is 2. The Morgan fingerprint density at radius 1 is 1.41 bits per heavy atom. The second-order valence-corrected chi connectivity index (χ2v) is 5.19. The van der Waals surface area contributed by atoms with E-state index in [0.29, 0.717) is 23.7 Å². The van der Waals surface area contributed by atoms with Gasteiger partial charge in [-0.05, 0) is 6.07 Å². The average molecular weight is 326 g/mol. The summed E-state index contributed by atoms with van der Waals surface area (Å²) in [5.41, 5.74) is 0.537. The van der Waals surface area contributed by atoms with E-state index in [1.807, 2.05) is 0 Å². The fraction of sp³-hybridized carbons (Fsp3) is 0.357. The molecule has 1 saturated heterocycles. The van der Waals surface area contributed by atoms with Crippen LogP contribution in [-0.4, -0.2) is 47.5 Å². The van der Waals surface area contributed by atoms with E-state index in [1.54, 1.807) is 24.3 Å². The smallest absolute Gasteiger partial charge is 0.318 e. The molecule has 0 aromatic heterocycles. The van der Waals surface area contributed by atoms with Crippen LogP contribution in [0.4, 0.5) is 4.79 Å². The number of carbonyl (C=O) groups is 3. The molecule has 2 rings (SSSR count). The highest BCUT2D eigenvalue weighted by molar-refractivity contribution is 6.31. The van der Waals surface area contributed by atoms with Crippen LogP contribution in [-0.2, 0) is 9.59 Å². The van der Waals surface area contributed by atoms with E-state index in [2.05, 4.69) is 10.6 Å². The Morgan fingerprint density at radius 3 is 2.82 bits per heavy atom. The van der Waals surface area contributed by atoms with E-state index < -0.39 is 18.0 Å². The number of halogens is 1. The summed E-state index contributed by atoms with van der Waals surface area (Å²) < 4.78 is 0. The third kappa shape index (κ3) is 3.67. The van der Waals surface area contributed by atoms with Gasteiger partial charge in [0.1, 0.15) is 6.04 Å². The van der Waals surface area contributed by atoms with Crippen LogP contribution < -0.4 is 10.6 Å². The summed E-state index contributed by atoms with van der Waals surface area (Å²) in [6.07, 6.45) is -0.178. The van der Waals surface area contributed by atoms with Crippen molar-refractivity contribution >= 4 is 29.5 Å². The van der Waals surface area contributed by atoms with Gasteiger partial charge in [0.15, 0.2) is 0 Å². The molecule has 0 spiro atoms. The van der Waals surface area contributed by atoms with E-state index >= 15 is 0 Å². The molecular weight excluding hydrogens is 310 g/mol. The van der Waals surface area contributed by atoms with Gasteiger partial charge >= 0.3 is 12.0 Å². The third-order valence-electron chi connectivity index (χ3n) is 3.29. The van der Waals surface area contributed by atoms with E-state index in [9.17, 15) is 14.4 Å². The molecule has 1 aromatic rings. The van der Waals surface area contributed by atoms with Crippen LogP contribution in [0, 0.1) is 0 Å². The maximum Gasteiger partial charge on any atom is 0.318 e. The molecule has 1 atom stereocenters. The largest absolute Gasteiger partial charge is 0.481 e. The summed E-state index contributed by atoms with van der Waals surface area (Å²) in [5, 5.41) is 14.2. The van der Waals surface area contributed by atoms with Gasteiger partial charge in [0.25, 0.3) is 0 Å². The summed E-state index contributed by atoms with van der Waals surface area (Å²) >= 11 is 6.12. The molecule has 1 aliphatic heterocycles. The number of rotatable bonds is 4. The van der Waals surface area contributed by atoms with Crippen LogP contribution in [0.5, 0.6) is 0 Å². The van der Waals surface area contributed by atoms with Gasteiger partial charge in [0, 0.05) is 30.2 Å². The SMILES string of the molecule is O=C(O)CCNC(=O)N1CCNC(=O)C1c1ccccc1Cl. The molecule has 0 aliphatic carbocycles. The van der Waals surface area contributed by atoms with Gasteiger partial charge in [-0.15, -0.1) is 0 Å². The molecule has 3 N–H and O–H groups in total. The molecule has 1 aromatic carbocycles. The lowest BCUT2D eigenvalue weighted by molar-refractivity contribution is -0.137. The Morgan fingerprint density at radius 2 is 2.14 bits per heavy atom. The minimum Gasteiger partial charge on any atom is -0.481 e. The minimum atomic E-state index is -1.00. The molecule has 0 radical (unpaired) electrons. The average Bonchev–Trinajstić information content (AvgIpc) is 2.47. The number of carboxylic acids is 1. The second kappa shape index (κ2) is 7.13. The molecule has 1 aliphatic rings. The molecule has 118 valence electrons. The molecule has 1 heterocycles. The molecule has 3 amide bonds. The highest BCUT2D eigenvalue weighted by Crippen LogP contribution is 2.29. The van der Waals surface area contributed by atoms with Gasteiger partial charge in [0.05, 0.1) is 6.42 Å². The monoisotopic (exact) mass is 325 g/mol. The van der Waals surface area contributed by atoms with Crippen LogP contribution in [0.25, 0.3) is 0 Å². The van der Waals surface area contributed by atoms with Crippen LogP contribution in [0.1, 0.15) is 18.0 Å². The summed E-state index contributed by atoms with van der Waals surface area (Å²) in [6, 6.07) is 5.51. The highest BCUT2D eigenvalue weighted by atomic mass is 35.5. The normalized spacial score (nSPS) is 17.8. The lowest BCUT2D eigenvalue weighted by Gasteiger charge is -2.35. The molecule has 0 bridgehead atoms. The fourth-order valence-corrected chi connectivity index (χ4v) is 2.51. The number of carboxylic acid groups (broad SMARTS) is 1. The van der Waals surface area contributed by atoms with Gasteiger partial charge in [-0.3, -0.25) is 9.59 Å². The predicted octanol–water partition coefficient (Wildman–Crippen LogP) is 0.997. The van der Waals surface area contributed by atoms with Crippen molar-refractivity contribution in [2.75, 3.05) is 19.6 Å². The first kappa shape index (κ1) is 16.1. The third-order valence-corrected chi connectivity index (χ3v) is 3.63. The van der Waals surface area contributed by atoms with Crippen molar-refractivity contribution in [3.63, 3.8) is 0 Å². The molecule has 1 fully saturated rings. The van der Waals surface area contributed by atoms with Crippen molar-refractivity contribution < 1.29 is 19.5 Å². The van der Waals surface area contributed by atoms with Gasteiger partial charge in [0.2, 0.25) is 5.91 Å². The highest BCUT2D eigenvalue weighted by Gasteiger charge is 2.35. The van der Waals surface area contributed by atoms with E-state index in [4.69, 9.17) is 16.7 Å². The van der Waals surface area contributed by atoms with Gasteiger partial charge in [-0.1, -0.05) is 29.8 Å². The molecular formula is C14H16ClN3O4. The Hall–Kier alpha value is -2.28. The number of urea groups is 1. The topological polar surface area (TPSA) is 98.7 Å². The lowest BCUT2D eigenvalue weighted by Crippen LogP contribution is -2.55. The number of hydrogen-bond acceptors (Lipinski definition) is 3. The van der Waals surface area contributed by atoms with Gasteiger partial charge < -0.3 is 20.6 Å². The van der Waals surface area contributed by atoms with Crippen LogP contribution >= 0.6 is 11.6 Å². The first-order chi connectivity index (χ1) is 10.5.